The Labute approximate surface area is 113 Å². The molecule has 0 aliphatic carbocycles. The molecule has 1 saturated heterocycles. The van der Waals surface area contributed by atoms with Gasteiger partial charge in [0.1, 0.15) is 6.04 Å². The third-order valence-electron chi connectivity index (χ3n) is 2.72. The number of hydrogen-bond donors (Lipinski definition) is 1. The predicted molar refractivity (Wildman–Crippen MR) is 73.0 cm³/mol. The Kier molecular flexibility index (Phi) is 5.48. The first-order chi connectivity index (χ1) is 8.29. The molecule has 1 rings (SSSR count). The molecule has 18 heavy (non-hydrogen) atoms. The first-order valence-corrected chi connectivity index (χ1v) is 8.81. The summed E-state index contributed by atoms with van der Waals surface area (Å²) in [6, 6.07) is -0.907. The van der Waals surface area contributed by atoms with E-state index in [4.69, 9.17) is 5.11 Å². The SMILES string of the molecule is CCCC1SCC(C(=O)O)N1S(=O)(=O)CC(C)C. The fourth-order valence-electron chi connectivity index (χ4n) is 2.07. The lowest BCUT2D eigenvalue weighted by Crippen LogP contribution is -2.47. The molecule has 2 atom stereocenters. The van der Waals surface area contributed by atoms with Crippen molar-refractivity contribution >= 4 is 27.8 Å². The van der Waals surface area contributed by atoms with E-state index in [1.165, 1.54) is 16.1 Å². The number of sulfonamides is 1. The van der Waals surface area contributed by atoms with Gasteiger partial charge in [-0.15, -0.1) is 11.8 Å². The maximum atomic E-state index is 12.3. The maximum Gasteiger partial charge on any atom is 0.322 e. The molecule has 0 bridgehead atoms. The molecule has 0 aromatic heterocycles. The first-order valence-electron chi connectivity index (χ1n) is 6.15. The van der Waals surface area contributed by atoms with Crippen LogP contribution in [0.4, 0.5) is 0 Å². The number of hydrogen-bond acceptors (Lipinski definition) is 4. The average molecular weight is 295 g/mol. The molecule has 106 valence electrons. The van der Waals surface area contributed by atoms with Crippen LogP contribution < -0.4 is 0 Å². The second-order valence-electron chi connectivity index (χ2n) is 4.93. The topological polar surface area (TPSA) is 74.7 Å². The lowest BCUT2D eigenvalue weighted by Gasteiger charge is -2.27. The van der Waals surface area contributed by atoms with E-state index in [-0.39, 0.29) is 17.0 Å². The summed E-state index contributed by atoms with van der Waals surface area (Å²) in [6.45, 7) is 5.62. The van der Waals surface area contributed by atoms with Gasteiger partial charge in [-0.1, -0.05) is 27.2 Å². The van der Waals surface area contributed by atoms with Gasteiger partial charge in [0.05, 0.1) is 11.1 Å². The Morgan fingerprint density at radius 1 is 1.50 bits per heavy atom. The van der Waals surface area contributed by atoms with Gasteiger partial charge in [0.25, 0.3) is 0 Å². The van der Waals surface area contributed by atoms with Crippen LogP contribution >= 0.6 is 11.8 Å². The molecule has 1 aliphatic rings. The second kappa shape index (κ2) is 6.25. The number of rotatable bonds is 6. The molecule has 5 nitrogen and oxygen atoms in total. The van der Waals surface area contributed by atoms with E-state index >= 15 is 0 Å². The maximum absolute atomic E-state index is 12.3. The Morgan fingerprint density at radius 2 is 2.11 bits per heavy atom. The summed E-state index contributed by atoms with van der Waals surface area (Å²) in [6.07, 6.45) is 1.55. The fourth-order valence-corrected chi connectivity index (χ4v) is 6.17. The molecule has 1 heterocycles. The number of thioether (sulfide) groups is 1. The van der Waals surface area contributed by atoms with E-state index in [0.29, 0.717) is 12.2 Å². The van der Waals surface area contributed by atoms with Gasteiger partial charge < -0.3 is 5.11 Å². The summed E-state index contributed by atoms with van der Waals surface area (Å²) in [7, 11) is -3.49. The number of carboxylic acid groups (broad SMARTS) is 1. The highest BCUT2D eigenvalue weighted by atomic mass is 32.2. The minimum absolute atomic E-state index is 0.00248. The van der Waals surface area contributed by atoms with Gasteiger partial charge in [0.15, 0.2) is 0 Å². The molecule has 2 unspecified atom stereocenters. The molecule has 0 amide bonds. The van der Waals surface area contributed by atoms with Crippen LogP contribution in [0.1, 0.15) is 33.6 Å². The summed E-state index contributed by atoms with van der Waals surface area (Å²) in [5, 5.41) is 8.93. The summed E-state index contributed by atoms with van der Waals surface area (Å²) in [4.78, 5) is 11.2. The van der Waals surface area contributed by atoms with Crippen molar-refractivity contribution in [1.82, 2.24) is 4.31 Å². The molecule has 0 aromatic rings. The van der Waals surface area contributed by atoms with Gasteiger partial charge in [0, 0.05) is 5.75 Å². The lowest BCUT2D eigenvalue weighted by atomic mass is 10.3. The third kappa shape index (κ3) is 3.61. The van der Waals surface area contributed by atoms with Crippen molar-refractivity contribution in [2.45, 2.75) is 45.0 Å². The molecule has 0 aromatic carbocycles. The van der Waals surface area contributed by atoms with Gasteiger partial charge >= 0.3 is 5.97 Å². The van der Waals surface area contributed by atoms with E-state index < -0.39 is 22.0 Å². The smallest absolute Gasteiger partial charge is 0.322 e. The van der Waals surface area contributed by atoms with E-state index in [9.17, 15) is 13.2 Å². The number of carboxylic acids is 1. The minimum atomic E-state index is -3.49. The zero-order chi connectivity index (χ0) is 13.9. The van der Waals surface area contributed by atoms with Gasteiger partial charge in [-0.3, -0.25) is 4.79 Å². The highest BCUT2D eigenvalue weighted by Crippen LogP contribution is 2.35. The zero-order valence-electron chi connectivity index (χ0n) is 11.0. The van der Waals surface area contributed by atoms with Gasteiger partial charge in [-0.2, -0.15) is 4.31 Å². The van der Waals surface area contributed by atoms with Crippen LogP contribution in [0.3, 0.4) is 0 Å². The van der Waals surface area contributed by atoms with Gasteiger partial charge in [0.2, 0.25) is 10.0 Å². The standard InChI is InChI=1S/C11H21NO4S2/c1-4-5-10-12(9(6-17-10)11(13)14)18(15,16)7-8(2)3/h8-10H,4-7H2,1-3H3,(H,13,14). The fraction of sp³-hybridized carbons (Fsp3) is 0.909. The van der Waals surface area contributed by atoms with Crippen molar-refractivity contribution < 1.29 is 18.3 Å². The number of nitrogens with zero attached hydrogens (tertiary/aromatic N) is 1. The average Bonchev–Trinajstić information content (AvgIpc) is 2.60. The molecule has 0 radical (unpaired) electrons. The quantitative estimate of drug-likeness (QED) is 0.805. The van der Waals surface area contributed by atoms with Crippen molar-refractivity contribution in [3.63, 3.8) is 0 Å². The Hall–Kier alpha value is -0.270. The Balaban J connectivity index is 2.99. The van der Waals surface area contributed by atoms with Crippen molar-refractivity contribution in [2.75, 3.05) is 11.5 Å². The van der Waals surface area contributed by atoms with Gasteiger partial charge in [-0.05, 0) is 12.3 Å². The van der Waals surface area contributed by atoms with Crippen LogP contribution in [0, 0.1) is 5.92 Å². The van der Waals surface area contributed by atoms with Gasteiger partial charge in [-0.25, -0.2) is 8.42 Å². The van der Waals surface area contributed by atoms with Crippen LogP contribution in [0.15, 0.2) is 0 Å². The molecule has 1 aliphatic heterocycles. The van der Waals surface area contributed by atoms with Crippen LogP contribution in [0.25, 0.3) is 0 Å². The van der Waals surface area contributed by atoms with Crippen LogP contribution in [-0.4, -0.2) is 46.7 Å². The Morgan fingerprint density at radius 3 is 2.56 bits per heavy atom. The molecule has 1 fully saturated rings. The molecule has 0 spiro atoms. The highest BCUT2D eigenvalue weighted by molar-refractivity contribution is 8.01. The van der Waals surface area contributed by atoms with Crippen molar-refractivity contribution in [3.8, 4) is 0 Å². The lowest BCUT2D eigenvalue weighted by molar-refractivity contribution is -0.140. The highest BCUT2D eigenvalue weighted by Gasteiger charge is 2.45. The van der Waals surface area contributed by atoms with Crippen molar-refractivity contribution in [1.29, 1.82) is 0 Å². The predicted octanol–water partition coefficient (Wildman–Crippen LogP) is 1.60. The third-order valence-corrected chi connectivity index (χ3v) is 6.45. The molecule has 0 saturated carbocycles. The van der Waals surface area contributed by atoms with Crippen LogP contribution in [-0.2, 0) is 14.8 Å². The largest absolute Gasteiger partial charge is 0.480 e. The summed E-state index contributed by atoms with van der Waals surface area (Å²) < 4.78 is 25.8. The van der Waals surface area contributed by atoms with E-state index in [0.717, 1.165) is 6.42 Å². The van der Waals surface area contributed by atoms with E-state index in [1.807, 2.05) is 20.8 Å². The van der Waals surface area contributed by atoms with Crippen LogP contribution in [0.5, 0.6) is 0 Å². The molecular formula is C11H21NO4S2. The zero-order valence-corrected chi connectivity index (χ0v) is 12.6. The minimum Gasteiger partial charge on any atom is -0.480 e. The Bertz CT molecular complexity index is 394. The second-order valence-corrected chi connectivity index (χ2v) is 8.06. The summed E-state index contributed by atoms with van der Waals surface area (Å²) in [5.41, 5.74) is 0. The van der Waals surface area contributed by atoms with Crippen molar-refractivity contribution in [3.05, 3.63) is 0 Å². The van der Waals surface area contributed by atoms with E-state index in [1.54, 1.807) is 0 Å². The molecule has 1 N–H and O–H groups in total. The first kappa shape index (κ1) is 15.8. The normalized spacial score (nSPS) is 25.8. The van der Waals surface area contributed by atoms with Crippen LogP contribution in [0.2, 0.25) is 0 Å². The molecule has 7 heteroatoms. The molecular weight excluding hydrogens is 274 g/mol. The van der Waals surface area contributed by atoms with E-state index in [2.05, 4.69) is 0 Å². The monoisotopic (exact) mass is 295 g/mol. The number of aliphatic carboxylic acids is 1. The van der Waals surface area contributed by atoms with Crippen molar-refractivity contribution in [2.24, 2.45) is 5.92 Å². The summed E-state index contributed by atoms with van der Waals surface area (Å²) >= 11 is 1.43. The summed E-state index contributed by atoms with van der Waals surface area (Å²) in [5.74, 6) is -0.694. The number of carbonyl (C=O) groups is 1.